The highest BCUT2D eigenvalue weighted by Gasteiger charge is 2.19. The van der Waals surface area contributed by atoms with Crippen molar-refractivity contribution >= 4 is 10.0 Å². The van der Waals surface area contributed by atoms with E-state index in [1.54, 1.807) is 13.0 Å². The Hall–Kier alpha value is -1.24. The van der Waals surface area contributed by atoms with Gasteiger partial charge in [-0.3, -0.25) is 0 Å². The van der Waals surface area contributed by atoms with Gasteiger partial charge in [0.2, 0.25) is 10.0 Å². The first-order valence-corrected chi connectivity index (χ1v) is 7.62. The van der Waals surface area contributed by atoms with E-state index in [1.807, 2.05) is 6.08 Å². The van der Waals surface area contributed by atoms with Crippen LogP contribution in [0.3, 0.4) is 0 Å². The van der Waals surface area contributed by atoms with Crippen LogP contribution in [0.2, 0.25) is 0 Å². The molecule has 0 aromatic heterocycles. The highest BCUT2D eigenvalue weighted by Crippen LogP contribution is 2.16. The van der Waals surface area contributed by atoms with Crippen LogP contribution >= 0.6 is 0 Å². The van der Waals surface area contributed by atoms with Crippen molar-refractivity contribution in [2.24, 2.45) is 0 Å². The minimum absolute atomic E-state index is 0.234. The van der Waals surface area contributed by atoms with Crippen molar-refractivity contribution in [1.29, 1.82) is 0 Å². The van der Waals surface area contributed by atoms with Crippen LogP contribution in [-0.2, 0) is 10.0 Å². The average molecular weight is 284 g/mol. The van der Waals surface area contributed by atoms with Crippen LogP contribution in [0.25, 0.3) is 0 Å². The Morgan fingerprint density at radius 1 is 1.42 bits per heavy atom. The molecule has 104 valence electrons. The number of sulfonamides is 1. The molecule has 0 aliphatic carbocycles. The Morgan fingerprint density at radius 3 is 2.89 bits per heavy atom. The fourth-order valence-electron chi connectivity index (χ4n) is 1.91. The fourth-order valence-corrected chi connectivity index (χ4v) is 3.11. The summed E-state index contributed by atoms with van der Waals surface area (Å²) in [5, 5.41) is 3.15. The number of nitrogens with one attached hydrogen (secondary N) is 2. The molecule has 2 rings (SSSR count). The van der Waals surface area contributed by atoms with E-state index in [9.17, 15) is 12.8 Å². The molecule has 0 saturated carbocycles. The third kappa shape index (κ3) is 3.62. The number of aryl methyl sites for hydroxylation is 1. The van der Waals surface area contributed by atoms with Crippen LogP contribution in [0.4, 0.5) is 4.39 Å². The molecular weight excluding hydrogens is 267 g/mol. The van der Waals surface area contributed by atoms with Gasteiger partial charge < -0.3 is 5.32 Å². The van der Waals surface area contributed by atoms with E-state index >= 15 is 0 Å². The van der Waals surface area contributed by atoms with E-state index in [2.05, 4.69) is 10.0 Å². The Bertz CT molecular complexity index is 597. The molecule has 1 aromatic carbocycles. The number of hydrogen-bond donors (Lipinski definition) is 2. The van der Waals surface area contributed by atoms with Crippen LogP contribution in [-0.4, -0.2) is 28.1 Å². The largest absolute Gasteiger partial charge is 0.313 e. The van der Waals surface area contributed by atoms with Gasteiger partial charge in [-0.25, -0.2) is 17.5 Å². The summed E-state index contributed by atoms with van der Waals surface area (Å²) in [5.41, 5.74) is 1.73. The maximum absolute atomic E-state index is 13.6. The van der Waals surface area contributed by atoms with E-state index in [4.69, 9.17) is 0 Å². The van der Waals surface area contributed by atoms with E-state index in [0.717, 1.165) is 25.1 Å². The molecule has 0 spiro atoms. The highest BCUT2D eigenvalue weighted by molar-refractivity contribution is 7.89. The maximum Gasteiger partial charge on any atom is 0.243 e. The molecule has 1 heterocycles. The molecule has 19 heavy (non-hydrogen) atoms. The van der Waals surface area contributed by atoms with Crippen LogP contribution in [0.15, 0.2) is 34.7 Å². The van der Waals surface area contributed by atoms with Crippen LogP contribution in [0.1, 0.15) is 12.0 Å². The Morgan fingerprint density at radius 2 is 2.21 bits per heavy atom. The summed E-state index contributed by atoms with van der Waals surface area (Å²) in [6, 6.07) is 4.06. The molecule has 1 aromatic rings. The van der Waals surface area contributed by atoms with Crippen molar-refractivity contribution in [1.82, 2.24) is 10.0 Å². The quantitative estimate of drug-likeness (QED) is 0.820. The minimum atomic E-state index is -3.80. The summed E-state index contributed by atoms with van der Waals surface area (Å²) in [6.45, 7) is 3.55. The summed E-state index contributed by atoms with van der Waals surface area (Å²) in [7, 11) is -3.80. The normalized spacial score (nSPS) is 16.2. The monoisotopic (exact) mass is 284 g/mol. The second kappa shape index (κ2) is 5.81. The SMILES string of the molecule is Cc1ccc(F)c(S(=O)(=O)NCC2=CCNCC2)c1. The summed E-state index contributed by atoms with van der Waals surface area (Å²) in [6.07, 6.45) is 2.76. The van der Waals surface area contributed by atoms with Crippen molar-refractivity contribution in [3.8, 4) is 0 Å². The number of halogens is 1. The predicted molar refractivity (Wildman–Crippen MR) is 71.9 cm³/mol. The zero-order valence-corrected chi connectivity index (χ0v) is 11.6. The molecular formula is C13H17FN2O2S. The number of rotatable bonds is 4. The van der Waals surface area contributed by atoms with Gasteiger partial charge in [0.25, 0.3) is 0 Å². The van der Waals surface area contributed by atoms with Crippen LogP contribution < -0.4 is 10.0 Å². The summed E-state index contributed by atoms with van der Waals surface area (Å²) in [5.74, 6) is -0.725. The van der Waals surface area contributed by atoms with E-state index < -0.39 is 15.8 Å². The predicted octanol–water partition coefficient (Wildman–Crippen LogP) is 1.33. The molecule has 1 aliphatic rings. The highest BCUT2D eigenvalue weighted by atomic mass is 32.2. The van der Waals surface area contributed by atoms with Crippen molar-refractivity contribution in [2.45, 2.75) is 18.2 Å². The molecule has 6 heteroatoms. The van der Waals surface area contributed by atoms with Crippen molar-refractivity contribution in [3.05, 3.63) is 41.2 Å². The Balaban J connectivity index is 2.13. The first-order chi connectivity index (χ1) is 8.99. The smallest absolute Gasteiger partial charge is 0.243 e. The van der Waals surface area contributed by atoms with E-state index in [1.165, 1.54) is 12.1 Å². The lowest BCUT2D eigenvalue weighted by Crippen LogP contribution is -2.30. The maximum atomic E-state index is 13.6. The van der Waals surface area contributed by atoms with Gasteiger partial charge in [-0.05, 0) is 37.6 Å². The van der Waals surface area contributed by atoms with Gasteiger partial charge in [0.05, 0.1) is 0 Å². The van der Waals surface area contributed by atoms with E-state index in [0.29, 0.717) is 5.56 Å². The third-order valence-corrected chi connectivity index (χ3v) is 4.44. The average Bonchev–Trinajstić information content (AvgIpc) is 2.40. The lowest BCUT2D eigenvalue weighted by molar-refractivity contribution is 0.557. The zero-order valence-electron chi connectivity index (χ0n) is 10.7. The summed E-state index contributed by atoms with van der Waals surface area (Å²) < 4.78 is 40.1. The topological polar surface area (TPSA) is 58.2 Å². The summed E-state index contributed by atoms with van der Waals surface area (Å²) >= 11 is 0. The van der Waals surface area contributed by atoms with E-state index in [-0.39, 0.29) is 11.4 Å². The van der Waals surface area contributed by atoms with Crippen molar-refractivity contribution in [2.75, 3.05) is 19.6 Å². The second-order valence-corrected chi connectivity index (χ2v) is 6.31. The first-order valence-electron chi connectivity index (χ1n) is 6.13. The Labute approximate surface area is 112 Å². The molecule has 2 N–H and O–H groups in total. The van der Waals surface area contributed by atoms with Crippen LogP contribution in [0, 0.1) is 12.7 Å². The fraction of sp³-hybridized carbons (Fsp3) is 0.385. The first kappa shape index (κ1) is 14.2. The van der Waals surface area contributed by atoms with Gasteiger partial charge in [-0.1, -0.05) is 17.7 Å². The van der Waals surface area contributed by atoms with Gasteiger partial charge in [0.15, 0.2) is 0 Å². The molecule has 0 radical (unpaired) electrons. The van der Waals surface area contributed by atoms with Gasteiger partial charge >= 0.3 is 0 Å². The minimum Gasteiger partial charge on any atom is -0.313 e. The van der Waals surface area contributed by atoms with Gasteiger partial charge in [-0.2, -0.15) is 0 Å². The molecule has 0 bridgehead atoms. The van der Waals surface area contributed by atoms with Gasteiger partial charge in [0.1, 0.15) is 10.7 Å². The standard InChI is InChI=1S/C13H17FN2O2S/c1-10-2-3-12(14)13(8-10)19(17,18)16-9-11-4-6-15-7-5-11/h2-4,8,15-16H,5-7,9H2,1H3. The van der Waals surface area contributed by atoms with Gasteiger partial charge in [-0.15, -0.1) is 0 Å². The Kier molecular flexibility index (Phi) is 4.34. The van der Waals surface area contributed by atoms with Gasteiger partial charge in [0, 0.05) is 13.1 Å². The molecule has 0 saturated heterocycles. The second-order valence-electron chi connectivity index (χ2n) is 4.57. The van der Waals surface area contributed by atoms with Crippen molar-refractivity contribution < 1.29 is 12.8 Å². The third-order valence-electron chi connectivity index (χ3n) is 3.02. The molecule has 0 atom stereocenters. The zero-order chi connectivity index (χ0) is 13.9. The molecule has 4 nitrogen and oxygen atoms in total. The number of hydrogen-bond acceptors (Lipinski definition) is 3. The number of benzene rings is 1. The molecule has 0 amide bonds. The molecule has 1 aliphatic heterocycles. The molecule has 0 unspecified atom stereocenters. The summed E-state index contributed by atoms with van der Waals surface area (Å²) in [4.78, 5) is -0.290. The lowest BCUT2D eigenvalue weighted by Gasteiger charge is -2.15. The van der Waals surface area contributed by atoms with Crippen LogP contribution in [0.5, 0.6) is 0 Å². The lowest BCUT2D eigenvalue weighted by atomic mass is 10.1. The molecule has 0 fully saturated rings. The van der Waals surface area contributed by atoms with Crippen molar-refractivity contribution in [3.63, 3.8) is 0 Å².